The summed E-state index contributed by atoms with van der Waals surface area (Å²) in [6, 6.07) is 3.95. The van der Waals surface area contributed by atoms with Crippen LogP contribution in [0.2, 0.25) is 0 Å². The van der Waals surface area contributed by atoms with Crippen LogP contribution in [0.4, 0.5) is 10.4 Å². The third-order valence-electron chi connectivity index (χ3n) is 3.14. The van der Waals surface area contributed by atoms with Crippen molar-refractivity contribution in [2.45, 2.75) is 18.9 Å². The van der Waals surface area contributed by atoms with Gasteiger partial charge in [0.25, 0.3) is 5.91 Å². The molecule has 1 aliphatic rings. The number of halogens is 2. The lowest BCUT2D eigenvalue weighted by molar-refractivity contribution is 0.102. The number of hydrogen-bond donors (Lipinski definition) is 2. The van der Waals surface area contributed by atoms with Crippen LogP contribution in [0.3, 0.4) is 0 Å². The van der Waals surface area contributed by atoms with Gasteiger partial charge in [0.1, 0.15) is 5.82 Å². The molecule has 3 rings (SSSR count). The quantitative estimate of drug-likeness (QED) is 0.885. The van der Waals surface area contributed by atoms with Gasteiger partial charge in [-0.25, -0.2) is 4.39 Å². The highest BCUT2D eigenvalue weighted by molar-refractivity contribution is 9.10. The van der Waals surface area contributed by atoms with E-state index in [1.807, 2.05) is 0 Å². The highest BCUT2D eigenvalue weighted by Gasteiger charge is 2.22. The average molecular weight is 355 g/mol. The number of anilines is 1. The summed E-state index contributed by atoms with van der Waals surface area (Å²) in [7, 11) is 0. The summed E-state index contributed by atoms with van der Waals surface area (Å²) in [4.78, 5) is 12.0. The lowest BCUT2D eigenvalue weighted by Crippen LogP contribution is -2.13. The molecule has 2 heterocycles. The summed E-state index contributed by atoms with van der Waals surface area (Å²) in [5, 5.41) is 13.4. The fraction of sp³-hybridized carbons (Fsp3) is 0.308. The zero-order valence-electron chi connectivity index (χ0n) is 10.9. The number of carbonyl (C=O) groups is 1. The van der Waals surface area contributed by atoms with Gasteiger partial charge in [-0.15, -0.1) is 5.10 Å². The van der Waals surface area contributed by atoms with Crippen molar-refractivity contribution in [3.63, 3.8) is 0 Å². The Labute approximate surface area is 128 Å². The maximum atomic E-state index is 13.3. The number of benzene rings is 1. The summed E-state index contributed by atoms with van der Waals surface area (Å²) in [6.45, 7) is 0.909. The van der Waals surface area contributed by atoms with Crippen LogP contribution < -0.4 is 10.6 Å². The zero-order chi connectivity index (χ0) is 14.8. The average Bonchev–Trinajstić information content (AvgIpc) is 3.07. The number of nitrogens with zero attached hydrogens (tertiary/aromatic N) is 2. The predicted molar refractivity (Wildman–Crippen MR) is 76.3 cm³/mol. The molecule has 6 nitrogen and oxygen atoms in total. The predicted octanol–water partition coefficient (Wildman–Crippen LogP) is 2.65. The number of carbonyl (C=O) groups excluding carboxylic acids is 1. The standard InChI is InChI=1S/C13H12BrFN4O2/c14-8-4-7(5-9(15)6-8)11(20)17-13-19-18-12(21-13)10-2-1-3-16-10/h4-6,10,16H,1-3H2,(H,17,19,20). The van der Waals surface area contributed by atoms with E-state index in [1.165, 1.54) is 12.1 Å². The highest BCUT2D eigenvalue weighted by atomic mass is 79.9. The van der Waals surface area contributed by atoms with Crippen molar-refractivity contribution in [3.05, 3.63) is 39.9 Å². The molecular formula is C13H12BrFN4O2. The minimum absolute atomic E-state index is 0.00378. The monoisotopic (exact) mass is 354 g/mol. The lowest BCUT2D eigenvalue weighted by atomic mass is 10.2. The SMILES string of the molecule is O=C(Nc1nnc(C2CCCN2)o1)c1cc(F)cc(Br)c1. The van der Waals surface area contributed by atoms with Gasteiger partial charge in [-0.3, -0.25) is 10.1 Å². The molecule has 2 aromatic rings. The van der Waals surface area contributed by atoms with Crippen LogP contribution in [0.15, 0.2) is 27.1 Å². The van der Waals surface area contributed by atoms with E-state index in [2.05, 4.69) is 36.8 Å². The Balaban J connectivity index is 1.72. The van der Waals surface area contributed by atoms with Gasteiger partial charge in [0.05, 0.1) is 6.04 Å². The molecule has 1 unspecified atom stereocenters. The Morgan fingerprint density at radius 3 is 3.00 bits per heavy atom. The van der Waals surface area contributed by atoms with Gasteiger partial charge >= 0.3 is 6.01 Å². The van der Waals surface area contributed by atoms with Gasteiger partial charge in [0, 0.05) is 10.0 Å². The Kier molecular flexibility index (Phi) is 3.98. The van der Waals surface area contributed by atoms with Gasteiger partial charge in [-0.05, 0) is 37.6 Å². The molecule has 0 aliphatic carbocycles. The van der Waals surface area contributed by atoms with Crippen LogP contribution in [0, 0.1) is 5.82 Å². The molecule has 1 fully saturated rings. The van der Waals surface area contributed by atoms with Gasteiger partial charge in [0.2, 0.25) is 5.89 Å². The summed E-state index contributed by atoms with van der Waals surface area (Å²) < 4.78 is 19.1. The van der Waals surface area contributed by atoms with Gasteiger partial charge in [0.15, 0.2) is 0 Å². The molecule has 1 aromatic carbocycles. The smallest absolute Gasteiger partial charge is 0.322 e. The fourth-order valence-corrected chi connectivity index (χ4v) is 2.64. The van der Waals surface area contributed by atoms with Crippen LogP contribution in [0.1, 0.15) is 35.1 Å². The zero-order valence-corrected chi connectivity index (χ0v) is 12.5. The first-order valence-corrected chi connectivity index (χ1v) is 7.25. The van der Waals surface area contributed by atoms with Crippen molar-refractivity contribution in [1.82, 2.24) is 15.5 Å². The Bertz CT molecular complexity index is 650. The van der Waals surface area contributed by atoms with E-state index >= 15 is 0 Å². The number of nitrogens with one attached hydrogen (secondary N) is 2. The second-order valence-corrected chi connectivity index (χ2v) is 5.62. The van der Waals surface area contributed by atoms with Gasteiger partial charge in [-0.2, -0.15) is 0 Å². The normalized spacial score (nSPS) is 17.9. The van der Waals surface area contributed by atoms with Crippen LogP contribution in [0.25, 0.3) is 0 Å². The van der Waals surface area contributed by atoms with Crippen molar-refractivity contribution in [1.29, 1.82) is 0 Å². The lowest BCUT2D eigenvalue weighted by Gasteiger charge is -2.03. The van der Waals surface area contributed by atoms with Crippen LogP contribution in [-0.4, -0.2) is 22.6 Å². The van der Waals surface area contributed by atoms with Crippen molar-refractivity contribution in [3.8, 4) is 0 Å². The first-order valence-electron chi connectivity index (χ1n) is 6.46. The van der Waals surface area contributed by atoms with Crippen molar-refractivity contribution in [2.24, 2.45) is 0 Å². The van der Waals surface area contributed by atoms with Crippen LogP contribution >= 0.6 is 15.9 Å². The van der Waals surface area contributed by atoms with Crippen LogP contribution in [0.5, 0.6) is 0 Å². The number of aromatic nitrogens is 2. The third-order valence-corrected chi connectivity index (χ3v) is 3.60. The van der Waals surface area contributed by atoms with E-state index in [9.17, 15) is 9.18 Å². The first-order chi connectivity index (χ1) is 10.1. The van der Waals surface area contributed by atoms with E-state index in [-0.39, 0.29) is 17.6 Å². The summed E-state index contributed by atoms with van der Waals surface area (Å²) in [5.41, 5.74) is 0.167. The van der Waals surface area contributed by atoms with Crippen molar-refractivity contribution >= 4 is 27.9 Å². The molecule has 1 atom stereocenters. The van der Waals surface area contributed by atoms with E-state index in [0.717, 1.165) is 25.5 Å². The molecule has 0 spiro atoms. The first kappa shape index (κ1) is 14.2. The number of hydrogen-bond acceptors (Lipinski definition) is 5. The second-order valence-electron chi connectivity index (χ2n) is 4.71. The van der Waals surface area contributed by atoms with Crippen molar-refractivity contribution < 1.29 is 13.6 Å². The maximum absolute atomic E-state index is 13.3. The van der Waals surface area contributed by atoms with E-state index in [4.69, 9.17) is 4.42 Å². The molecule has 21 heavy (non-hydrogen) atoms. The molecule has 0 radical (unpaired) electrons. The minimum Gasteiger partial charge on any atom is -0.406 e. The maximum Gasteiger partial charge on any atom is 0.322 e. The summed E-state index contributed by atoms with van der Waals surface area (Å²) in [5.74, 6) is -0.566. The molecule has 1 aromatic heterocycles. The van der Waals surface area contributed by atoms with E-state index < -0.39 is 11.7 Å². The van der Waals surface area contributed by atoms with E-state index in [1.54, 1.807) is 0 Å². The summed E-state index contributed by atoms with van der Waals surface area (Å²) in [6.07, 6.45) is 1.97. The molecular weight excluding hydrogens is 343 g/mol. The molecule has 0 saturated carbocycles. The molecule has 2 N–H and O–H groups in total. The minimum atomic E-state index is -0.509. The fourth-order valence-electron chi connectivity index (χ4n) is 2.18. The molecule has 8 heteroatoms. The molecule has 1 saturated heterocycles. The number of rotatable bonds is 3. The van der Waals surface area contributed by atoms with Crippen LogP contribution in [-0.2, 0) is 0 Å². The molecule has 1 amide bonds. The largest absolute Gasteiger partial charge is 0.406 e. The van der Waals surface area contributed by atoms with E-state index in [0.29, 0.717) is 10.4 Å². The molecule has 1 aliphatic heterocycles. The topological polar surface area (TPSA) is 80.0 Å². The Hall–Kier alpha value is -1.80. The summed E-state index contributed by atoms with van der Waals surface area (Å²) >= 11 is 3.14. The Morgan fingerprint density at radius 1 is 1.43 bits per heavy atom. The number of amides is 1. The second kappa shape index (κ2) is 5.90. The van der Waals surface area contributed by atoms with Crippen molar-refractivity contribution in [2.75, 3.05) is 11.9 Å². The third kappa shape index (κ3) is 3.27. The highest BCUT2D eigenvalue weighted by Crippen LogP contribution is 2.23. The van der Waals surface area contributed by atoms with Gasteiger partial charge < -0.3 is 9.73 Å². The molecule has 110 valence electrons. The molecule has 0 bridgehead atoms. The van der Waals surface area contributed by atoms with Gasteiger partial charge in [-0.1, -0.05) is 21.0 Å². The Morgan fingerprint density at radius 2 is 2.29 bits per heavy atom.